The lowest BCUT2D eigenvalue weighted by Crippen LogP contribution is -2.39. The zero-order valence-electron chi connectivity index (χ0n) is 14.4. The fourth-order valence-electron chi connectivity index (χ4n) is 2.16. The molecule has 140 valence electrons. The van der Waals surface area contributed by atoms with E-state index in [0.717, 1.165) is 15.8 Å². The monoisotopic (exact) mass is 412 g/mol. The number of likely N-dealkylation sites (N-methyl/N-ethyl adjacent to an activating group) is 1. The van der Waals surface area contributed by atoms with Gasteiger partial charge in [0.25, 0.3) is 0 Å². The fourth-order valence-corrected chi connectivity index (χ4v) is 4.23. The van der Waals surface area contributed by atoms with Gasteiger partial charge >= 0.3 is 0 Å². The Morgan fingerprint density at radius 3 is 2.42 bits per heavy atom. The Kier molecular flexibility index (Phi) is 7.96. The molecule has 2 rings (SSSR count). The Morgan fingerprint density at radius 2 is 1.77 bits per heavy atom. The Balaban J connectivity index is 1.73. The molecule has 0 saturated carbocycles. The molecule has 26 heavy (non-hydrogen) atoms. The van der Waals surface area contributed by atoms with Crippen molar-refractivity contribution in [3.8, 4) is 0 Å². The number of halogens is 1. The highest BCUT2D eigenvalue weighted by molar-refractivity contribution is 7.98. The van der Waals surface area contributed by atoms with Crippen molar-refractivity contribution in [3.05, 3.63) is 65.2 Å². The van der Waals surface area contributed by atoms with Crippen molar-refractivity contribution in [3.63, 3.8) is 0 Å². The largest absolute Gasteiger partial charge is 0.354 e. The maximum Gasteiger partial charge on any atom is 0.243 e. The number of nitrogens with zero attached hydrogens (tertiary/aromatic N) is 1. The Labute approximate surface area is 163 Å². The SMILES string of the molecule is CN(CC(=O)NCCSCc1ccccc1)S(=O)(=O)c1ccc(Cl)cc1. The van der Waals surface area contributed by atoms with Crippen LogP contribution in [0.4, 0.5) is 0 Å². The van der Waals surface area contributed by atoms with Crippen LogP contribution < -0.4 is 5.32 Å². The third-order valence-corrected chi connectivity index (χ3v) is 6.67. The van der Waals surface area contributed by atoms with Gasteiger partial charge in [-0.2, -0.15) is 16.1 Å². The van der Waals surface area contributed by atoms with E-state index in [1.807, 2.05) is 18.2 Å². The molecule has 0 fully saturated rings. The maximum absolute atomic E-state index is 12.4. The number of nitrogens with one attached hydrogen (secondary N) is 1. The first-order chi connectivity index (χ1) is 12.4. The van der Waals surface area contributed by atoms with E-state index < -0.39 is 10.0 Å². The number of sulfonamides is 1. The van der Waals surface area contributed by atoms with Gasteiger partial charge in [-0.15, -0.1) is 0 Å². The van der Waals surface area contributed by atoms with Gasteiger partial charge in [0.15, 0.2) is 0 Å². The second-order valence-electron chi connectivity index (χ2n) is 5.60. The summed E-state index contributed by atoms with van der Waals surface area (Å²) in [4.78, 5) is 12.1. The van der Waals surface area contributed by atoms with E-state index in [2.05, 4.69) is 17.4 Å². The number of carbonyl (C=O) groups is 1. The molecule has 1 N–H and O–H groups in total. The molecule has 1 amide bonds. The minimum atomic E-state index is -3.71. The highest BCUT2D eigenvalue weighted by atomic mass is 35.5. The van der Waals surface area contributed by atoms with Crippen LogP contribution in [-0.2, 0) is 20.6 Å². The van der Waals surface area contributed by atoms with Crippen molar-refractivity contribution in [1.29, 1.82) is 0 Å². The first-order valence-electron chi connectivity index (χ1n) is 8.00. The smallest absolute Gasteiger partial charge is 0.243 e. The Hall–Kier alpha value is -1.54. The third kappa shape index (κ3) is 6.32. The molecule has 0 spiro atoms. The van der Waals surface area contributed by atoms with Crippen molar-refractivity contribution in [1.82, 2.24) is 9.62 Å². The number of amides is 1. The van der Waals surface area contributed by atoms with Gasteiger partial charge in [-0.1, -0.05) is 41.9 Å². The van der Waals surface area contributed by atoms with Crippen LogP contribution in [0, 0.1) is 0 Å². The Morgan fingerprint density at radius 1 is 1.12 bits per heavy atom. The summed E-state index contributed by atoms with van der Waals surface area (Å²) in [7, 11) is -2.33. The summed E-state index contributed by atoms with van der Waals surface area (Å²) in [5.41, 5.74) is 1.23. The summed E-state index contributed by atoms with van der Waals surface area (Å²) in [6, 6.07) is 15.9. The summed E-state index contributed by atoms with van der Waals surface area (Å²) in [5, 5.41) is 3.20. The molecule has 2 aromatic rings. The highest BCUT2D eigenvalue weighted by Crippen LogP contribution is 2.17. The van der Waals surface area contributed by atoms with Gasteiger partial charge in [0, 0.05) is 30.1 Å². The summed E-state index contributed by atoms with van der Waals surface area (Å²) in [5.74, 6) is 1.31. The molecule has 0 radical (unpaired) electrons. The molecule has 0 heterocycles. The normalized spacial score (nSPS) is 11.5. The van der Waals surface area contributed by atoms with Crippen LogP contribution in [0.5, 0.6) is 0 Å². The van der Waals surface area contributed by atoms with Gasteiger partial charge in [0.1, 0.15) is 0 Å². The first kappa shape index (κ1) is 20.8. The van der Waals surface area contributed by atoms with Crippen molar-refractivity contribution < 1.29 is 13.2 Å². The number of thioether (sulfide) groups is 1. The topological polar surface area (TPSA) is 66.5 Å². The van der Waals surface area contributed by atoms with Gasteiger partial charge < -0.3 is 5.32 Å². The van der Waals surface area contributed by atoms with Crippen molar-refractivity contribution in [2.75, 3.05) is 25.9 Å². The van der Waals surface area contributed by atoms with Crippen LogP contribution in [0.3, 0.4) is 0 Å². The van der Waals surface area contributed by atoms with Crippen LogP contribution >= 0.6 is 23.4 Å². The van der Waals surface area contributed by atoms with Gasteiger partial charge in [-0.05, 0) is 29.8 Å². The molecule has 0 bridgehead atoms. The quantitative estimate of drug-likeness (QED) is 0.643. The predicted octanol–water partition coefficient (Wildman–Crippen LogP) is 3.01. The van der Waals surface area contributed by atoms with Crippen molar-refractivity contribution in [2.24, 2.45) is 0 Å². The second kappa shape index (κ2) is 9.97. The molecule has 2 aromatic carbocycles. The van der Waals surface area contributed by atoms with E-state index in [1.54, 1.807) is 11.8 Å². The lowest BCUT2D eigenvalue weighted by Gasteiger charge is -2.17. The summed E-state index contributed by atoms with van der Waals surface area (Å²) >= 11 is 7.49. The molecule has 0 aromatic heterocycles. The lowest BCUT2D eigenvalue weighted by molar-refractivity contribution is -0.121. The number of carbonyl (C=O) groups excluding carboxylic acids is 1. The second-order valence-corrected chi connectivity index (χ2v) is 9.19. The summed E-state index contributed by atoms with van der Waals surface area (Å²) in [6.45, 7) is 0.263. The van der Waals surface area contributed by atoms with Crippen molar-refractivity contribution >= 4 is 39.3 Å². The maximum atomic E-state index is 12.4. The van der Waals surface area contributed by atoms with Crippen LogP contribution in [-0.4, -0.2) is 44.5 Å². The number of hydrogen-bond acceptors (Lipinski definition) is 4. The zero-order valence-corrected chi connectivity index (χ0v) is 16.8. The minimum Gasteiger partial charge on any atom is -0.354 e. The number of rotatable bonds is 9. The molecule has 0 aliphatic carbocycles. The molecule has 0 aliphatic rings. The van der Waals surface area contributed by atoms with Gasteiger partial charge in [0.05, 0.1) is 11.4 Å². The van der Waals surface area contributed by atoms with Crippen LogP contribution in [0.25, 0.3) is 0 Å². The molecular formula is C18H21ClN2O3S2. The molecule has 8 heteroatoms. The van der Waals surface area contributed by atoms with Crippen LogP contribution in [0.2, 0.25) is 5.02 Å². The zero-order chi connectivity index (χ0) is 19.0. The van der Waals surface area contributed by atoms with E-state index in [0.29, 0.717) is 11.6 Å². The summed E-state index contributed by atoms with van der Waals surface area (Å²) < 4.78 is 25.9. The minimum absolute atomic E-state index is 0.107. The van der Waals surface area contributed by atoms with Gasteiger partial charge in [0.2, 0.25) is 15.9 Å². The average Bonchev–Trinajstić information content (AvgIpc) is 2.62. The molecule has 0 atom stereocenters. The average molecular weight is 413 g/mol. The van der Waals surface area contributed by atoms with Gasteiger partial charge in [-0.3, -0.25) is 4.79 Å². The molecule has 0 unspecified atom stereocenters. The van der Waals surface area contributed by atoms with E-state index in [1.165, 1.54) is 36.9 Å². The lowest BCUT2D eigenvalue weighted by atomic mass is 10.2. The van der Waals surface area contributed by atoms with E-state index in [9.17, 15) is 13.2 Å². The third-order valence-electron chi connectivity index (χ3n) is 3.57. The van der Waals surface area contributed by atoms with Crippen molar-refractivity contribution in [2.45, 2.75) is 10.6 Å². The first-order valence-corrected chi connectivity index (χ1v) is 11.0. The van der Waals surface area contributed by atoms with Crippen LogP contribution in [0.15, 0.2) is 59.5 Å². The fraction of sp³-hybridized carbons (Fsp3) is 0.278. The molecule has 0 saturated heterocycles. The van der Waals surface area contributed by atoms with E-state index in [4.69, 9.17) is 11.6 Å². The number of hydrogen-bond donors (Lipinski definition) is 1. The Bertz CT molecular complexity index is 812. The van der Waals surface area contributed by atoms with Gasteiger partial charge in [-0.25, -0.2) is 8.42 Å². The molecule has 5 nitrogen and oxygen atoms in total. The number of benzene rings is 2. The summed E-state index contributed by atoms with van der Waals surface area (Å²) in [6.07, 6.45) is 0. The molecular weight excluding hydrogens is 392 g/mol. The van der Waals surface area contributed by atoms with E-state index in [-0.39, 0.29) is 17.3 Å². The van der Waals surface area contributed by atoms with E-state index >= 15 is 0 Å². The highest BCUT2D eigenvalue weighted by Gasteiger charge is 2.22. The predicted molar refractivity (Wildman–Crippen MR) is 107 cm³/mol. The standard InChI is InChI=1S/C18H21ClN2O3S2/c1-21(26(23,24)17-9-7-16(19)8-10-17)13-18(22)20-11-12-25-14-15-5-3-2-4-6-15/h2-10H,11-14H2,1H3,(H,20,22). The van der Waals surface area contributed by atoms with Crippen LogP contribution in [0.1, 0.15) is 5.56 Å². The molecule has 0 aliphatic heterocycles.